The molecule has 2 fully saturated rings. The average Bonchev–Trinajstić information content (AvgIpc) is 3.30. The van der Waals surface area contributed by atoms with Gasteiger partial charge in [0.25, 0.3) is 23.1 Å². The summed E-state index contributed by atoms with van der Waals surface area (Å²) >= 11 is 10.5. The van der Waals surface area contributed by atoms with Gasteiger partial charge in [0, 0.05) is 12.8 Å². The smallest absolute Gasteiger partial charge is 0.306 e. The Kier molecular flexibility index (Phi) is 25.0. The largest absolute Gasteiger partial charge is 0.461 e. The first-order valence-electron chi connectivity index (χ1n) is 22.3. The van der Waals surface area contributed by atoms with Crippen molar-refractivity contribution in [3.05, 3.63) is 71.8 Å². The fourth-order valence-corrected chi connectivity index (χ4v) is 8.02. The topological polar surface area (TPSA) is 238 Å². The number of hydrogen-bond donors (Lipinski definition) is 4. The first kappa shape index (κ1) is 55.0. The molecule has 20 heteroatoms. The number of nitrogens with zero attached hydrogens (tertiary/aromatic N) is 2. The van der Waals surface area contributed by atoms with Gasteiger partial charge in [0.05, 0.1) is 37.8 Å². The summed E-state index contributed by atoms with van der Waals surface area (Å²) in [5.74, 6) is -7.30. The van der Waals surface area contributed by atoms with Crippen molar-refractivity contribution in [1.82, 2.24) is 20.9 Å². The van der Waals surface area contributed by atoms with Gasteiger partial charge in [0.15, 0.2) is 0 Å². The number of rotatable bonds is 22. The van der Waals surface area contributed by atoms with E-state index in [1.165, 1.54) is 0 Å². The summed E-state index contributed by atoms with van der Waals surface area (Å²) in [7, 11) is 0. The Balaban J connectivity index is 0.000000350. The standard InChI is InChI=1S/2C23H31ClFN3O5/c2*24-21(25)23(32)28(12-11-19(26)29)27-22(31)18(13-16-7-3-1-4-8-16)14-20(30)33-15-17-9-5-2-6-10-17/h2*2,5-6,9-10,16,18,21H,1,3-4,7-8,11-15H2,(H2,26,29)(H,27,31)/t18-,21+;18-,21-/m11/s1. The molecule has 6 amide bonds. The van der Waals surface area contributed by atoms with Gasteiger partial charge >= 0.3 is 11.9 Å². The number of hydrogen-bond acceptors (Lipinski definition) is 10. The molecule has 364 valence electrons. The molecule has 0 aliphatic heterocycles. The molecule has 2 aromatic rings. The van der Waals surface area contributed by atoms with E-state index < -0.39 is 70.5 Å². The number of primary amides is 2. The van der Waals surface area contributed by atoms with Crippen LogP contribution < -0.4 is 22.3 Å². The van der Waals surface area contributed by atoms with E-state index in [1.807, 2.05) is 60.7 Å². The third kappa shape index (κ3) is 21.8. The van der Waals surface area contributed by atoms with E-state index in [1.54, 1.807) is 0 Å². The van der Waals surface area contributed by atoms with Gasteiger partial charge in [-0.15, -0.1) is 0 Å². The number of benzene rings is 2. The Labute approximate surface area is 394 Å². The second-order valence-corrected chi connectivity index (χ2v) is 17.3. The van der Waals surface area contributed by atoms with Gasteiger partial charge in [0.1, 0.15) is 13.2 Å². The Morgan fingerprint density at radius 2 is 0.909 bits per heavy atom. The van der Waals surface area contributed by atoms with Crippen molar-refractivity contribution in [3.8, 4) is 0 Å². The molecule has 0 saturated heterocycles. The van der Waals surface area contributed by atoms with Crippen LogP contribution in [0.15, 0.2) is 60.7 Å². The van der Waals surface area contributed by atoms with Crippen LogP contribution in [0.25, 0.3) is 0 Å². The molecule has 0 radical (unpaired) electrons. The molecule has 4 atom stereocenters. The SMILES string of the molecule is NC(=O)CCN(NC(=O)[C@@H](CC(=O)OCc1ccccc1)CC1CCCCC1)C(=O)[C@@H](F)Cl.NC(=O)CCN(NC(=O)[C@@H](CC(=O)OCc1ccccc1)CC1CCCCC1)C(=O)[C@H](F)Cl. The predicted octanol–water partition coefficient (Wildman–Crippen LogP) is 5.95. The van der Waals surface area contributed by atoms with Crippen molar-refractivity contribution in [3.63, 3.8) is 0 Å². The van der Waals surface area contributed by atoms with Crippen molar-refractivity contribution < 1.29 is 56.6 Å². The Morgan fingerprint density at radius 3 is 1.21 bits per heavy atom. The molecule has 0 bridgehead atoms. The monoisotopic (exact) mass is 966 g/mol. The lowest BCUT2D eigenvalue weighted by Crippen LogP contribution is -2.51. The van der Waals surface area contributed by atoms with Crippen molar-refractivity contribution >= 4 is 70.6 Å². The zero-order chi connectivity index (χ0) is 48.4. The molecule has 2 saturated carbocycles. The highest BCUT2D eigenvalue weighted by Gasteiger charge is 2.33. The maximum Gasteiger partial charge on any atom is 0.306 e. The fourth-order valence-electron chi connectivity index (χ4n) is 7.78. The molecule has 2 aromatic carbocycles. The maximum absolute atomic E-state index is 13.4. The number of amides is 6. The minimum atomic E-state index is -2.40. The highest BCUT2D eigenvalue weighted by molar-refractivity contribution is 6.29. The summed E-state index contributed by atoms with van der Waals surface area (Å²) in [5, 5.41) is 1.29. The lowest BCUT2D eigenvalue weighted by atomic mass is 9.81. The first-order valence-corrected chi connectivity index (χ1v) is 23.1. The van der Waals surface area contributed by atoms with Crippen LogP contribution >= 0.6 is 23.2 Å². The molecule has 0 aromatic heterocycles. The van der Waals surface area contributed by atoms with Crippen LogP contribution in [0.2, 0.25) is 0 Å². The molecule has 16 nitrogen and oxygen atoms in total. The van der Waals surface area contributed by atoms with Gasteiger partial charge in [-0.2, -0.15) is 0 Å². The molecule has 4 rings (SSSR count). The van der Waals surface area contributed by atoms with Crippen LogP contribution in [-0.4, -0.2) is 81.8 Å². The van der Waals surface area contributed by atoms with E-state index in [4.69, 9.17) is 44.1 Å². The number of esters is 2. The quantitative estimate of drug-likeness (QED) is 0.0614. The summed E-state index contributed by atoms with van der Waals surface area (Å²) < 4.78 is 37.4. The van der Waals surface area contributed by atoms with Gasteiger partial charge in [-0.25, -0.2) is 18.8 Å². The molecule has 2 aliphatic carbocycles. The number of ether oxygens (including phenoxy) is 2. The maximum atomic E-state index is 13.4. The van der Waals surface area contributed by atoms with Crippen molar-refractivity contribution in [2.24, 2.45) is 35.1 Å². The second kappa shape index (κ2) is 30.0. The molecular formula is C46H62Cl2F2N6O10. The lowest BCUT2D eigenvalue weighted by Gasteiger charge is -2.28. The van der Waals surface area contributed by atoms with E-state index in [-0.39, 0.29) is 63.8 Å². The number of nitrogens with two attached hydrogens (primary N) is 2. The van der Waals surface area contributed by atoms with Crippen LogP contribution in [0.4, 0.5) is 8.78 Å². The van der Waals surface area contributed by atoms with E-state index in [9.17, 15) is 47.1 Å². The summed E-state index contributed by atoms with van der Waals surface area (Å²) in [6.45, 7) is -0.504. The van der Waals surface area contributed by atoms with Gasteiger partial charge in [-0.05, 0) is 35.8 Å². The number of alkyl halides is 4. The summed E-state index contributed by atoms with van der Waals surface area (Å²) in [5.41, 5.74) is 11.7. The second-order valence-electron chi connectivity index (χ2n) is 16.5. The summed E-state index contributed by atoms with van der Waals surface area (Å²) in [6.07, 6.45) is 10.2. The van der Waals surface area contributed by atoms with Crippen LogP contribution in [0.5, 0.6) is 0 Å². The summed E-state index contributed by atoms with van der Waals surface area (Å²) in [6, 6.07) is 18.3. The molecular weight excluding hydrogens is 905 g/mol. The van der Waals surface area contributed by atoms with Gasteiger partial charge in [-0.1, -0.05) is 148 Å². The third-order valence-corrected chi connectivity index (χ3v) is 11.7. The Bertz CT molecular complexity index is 1740. The molecule has 2 aliphatic rings. The molecule has 0 spiro atoms. The third-order valence-electron chi connectivity index (χ3n) is 11.3. The Morgan fingerprint density at radius 1 is 0.576 bits per heavy atom. The number of halogens is 4. The normalized spacial score (nSPS) is 15.8. The average molecular weight is 968 g/mol. The van der Waals surface area contributed by atoms with Crippen LogP contribution in [0.1, 0.15) is 114 Å². The molecule has 6 N–H and O–H groups in total. The van der Waals surface area contributed by atoms with Gasteiger partial charge in [-0.3, -0.25) is 49.2 Å². The number of hydrazine groups is 2. The van der Waals surface area contributed by atoms with E-state index in [2.05, 4.69) is 10.9 Å². The summed E-state index contributed by atoms with van der Waals surface area (Å²) in [4.78, 5) is 97.3. The van der Waals surface area contributed by atoms with Gasteiger partial charge in [0.2, 0.25) is 23.6 Å². The minimum absolute atomic E-state index is 0.0798. The number of carbonyl (C=O) groups is 8. The zero-order valence-electron chi connectivity index (χ0n) is 37.0. The van der Waals surface area contributed by atoms with Crippen molar-refractivity contribution in [1.29, 1.82) is 0 Å². The van der Waals surface area contributed by atoms with Gasteiger partial charge < -0.3 is 20.9 Å². The Hall–Kier alpha value is -5.36. The lowest BCUT2D eigenvalue weighted by molar-refractivity contribution is -0.151. The highest BCUT2D eigenvalue weighted by atomic mass is 35.5. The number of nitrogens with one attached hydrogen (secondary N) is 2. The number of carbonyl (C=O) groups excluding carboxylic acids is 8. The fraction of sp³-hybridized carbons (Fsp3) is 0.565. The molecule has 0 heterocycles. The zero-order valence-corrected chi connectivity index (χ0v) is 38.5. The minimum Gasteiger partial charge on any atom is -0.461 e. The van der Waals surface area contributed by atoms with Crippen LogP contribution in [0, 0.1) is 23.7 Å². The van der Waals surface area contributed by atoms with E-state index >= 15 is 0 Å². The first-order chi connectivity index (χ1) is 31.5. The van der Waals surface area contributed by atoms with Crippen molar-refractivity contribution in [2.45, 2.75) is 127 Å². The highest BCUT2D eigenvalue weighted by Crippen LogP contribution is 2.32. The van der Waals surface area contributed by atoms with Crippen LogP contribution in [-0.2, 0) is 61.0 Å². The van der Waals surface area contributed by atoms with E-state index in [0.29, 0.717) is 22.9 Å². The molecule has 0 unspecified atom stereocenters. The molecule has 66 heavy (non-hydrogen) atoms. The predicted molar refractivity (Wildman–Crippen MR) is 240 cm³/mol. The van der Waals surface area contributed by atoms with Crippen molar-refractivity contribution in [2.75, 3.05) is 13.1 Å². The van der Waals surface area contributed by atoms with Crippen LogP contribution in [0.3, 0.4) is 0 Å². The van der Waals surface area contributed by atoms with E-state index in [0.717, 1.165) is 75.3 Å².